The molecule has 14 heteroatoms. The molecule has 9 atom stereocenters. The molecule has 4 amide bonds. The van der Waals surface area contributed by atoms with Crippen LogP contribution in [0.1, 0.15) is 154 Å². The number of nitrogens with one attached hydrogen (secondary N) is 4. The molecule has 2 bridgehead atoms. The Morgan fingerprint density at radius 1 is 0.924 bits per heavy atom. The van der Waals surface area contributed by atoms with Crippen molar-refractivity contribution in [3.05, 3.63) is 59.7 Å². The Bertz CT molecular complexity index is 2010. The summed E-state index contributed by atoms with van der Waals surface area (Å²) < 4.78 is 13.0. The minimum absolute atomic E-state index is 0.0414. The topological polar surface area (TPSA) is 195 Å². The normalized spacial score (nSPS) is 27.9. The molecule has 6 N–H and O–H groups in total. The Hall–Kier alpha value is -4.40. The maximum absolute atomic E-state index is 14.1. The third kappa shape index (κ3) is 12.6. The first kappa shape index (κ1) is 51.0. The lowest BCUT2D eigenvalue weighted by molar-refractivity contribution is -0.199. The lowest BCUT2D eigenvalue weighted by atomic mass is 9.43. The van der Waals surface area contributed by atoms with Gasteiger partial charge in [0.2, 0.25) is 23.6 Å². The van der Waals surface area contributed by atoms with Crippen LogP contribution in [0.5, 0.6) is 0 Å². The van der Waals surface area contributed by atoms with Crippen molar-refractivity contribution in [3.8, 4) is 11.1 Å². The monoisotopic (exact) mass is 910 g/mol. The third-order valence-electron chi connectivity index (χ3n) is 15.3. The lowest BCUT2D eigenvalue weighted by Crippen LogP contribution is -2.65. The van der Waals surface area contributed by atoms with E-state index in [0.717, 1.165) is 43.2 Å². The molecular formula is C52H76BN5O8. The Labute approximate surface area is 393 Å². The zero-order valence-corrected chi connectivity index (χ0v) is 40.4. The van der Waals surface area contributed by atoms with Gasteiger partial charge in [-0.3, -0.25) is 28.8 Å². The van der Waals surface area contributed by atoms with Crippen molar-refractivity contribution < 1.29 is 38.1 Å². The molecule has 3 aliphatic carbocycles. The molecule has 2 saturated heterocycles. The fourth-order valence-electron chi connectivity index (χ4n) is 10.8. The molecule has 2 aromatic rings. The fourth-order valence-corrected chi connectivity index (χ4v) is 10.8. The molecule has 0 radical (unpaired) electrons. The van der Waals surface area contributed by atoms with Crippen LogP contribution in [-0.2, 0) is 39.7 Å². The van der Waals surface area contributed by atoms with E-state index in [1.807, 2.05) is 19.1 Å². The van der Waals surface area contributed by atoms with Gasteiger partial charge in [-0.25, -0.2) is 0 Å². The minimum Gasteiger partial charge on any atom is -0.404 e. The predicted molar refractivity (Wildman–Crippen MR) is 257 cm³/mol. The number of hydrogen-bond acceptors (Lipinski definition) is 9. The maximum atomic E-state index is 14.1. The van der Waals surface area contributed by atoms with Gasteiger partial charge in [-0.05, 0) is 125 Å². The van der Waals surface area contributed by atoms with E-state index in [4.69, 9.17) is 15.0 Å². The summed E-state index contributed by atoms with van der Waals surface area (Å²) in [6.45, 7) is 13.2. The van der Waals surface area contributed by atoms with Crippen molar-refractivity contribution in [2.45, 2.75) is 174 Å². The molecule has 7 rings (SSSR count). The highest BCUT2D eigenvalue weighted by molar-refractivity contribution is 6.47. The van der Waals surface area contributed by atoms with Crippen molar-refractivity contribution >= 4 is 42.3 Å². The van der Waals surface area contributed by atoms with E-state index in [-0.39, 0.29) is 60.6 Å². The average molecular weight is 910 g/mol. The van der Waals surface area contributed by atoms with Gasteiger partial charge in [-0.15, -0.1) is 0 Å². The van der Waals surface area contributed by atoms with Gasteiger partial charge in [-0.2, -0.15) is 0 Å². The summed E-state index contributed by atoms with van der Waals surface area (Å²) in [5, 5.41) is 11.8. The Morgan fingerprint density at radius 3 is 2.32 bits per heavy atom. The van der Waals surface area contributed by atoms with Crippen LogP contribution in [-0.4, -0.2) is 85.1 Å². The molecule has 0 spiro atoms. The highest BCUT2D eigenvalue weighted by Gasteiger charge is 2.68. The van der Waals surface area contributed by atoms with E-state index in [1.165, 1.54) is 5.56 Å². The van der Waals surface area contributed by atoms with Gasteiger partial charge in [0.25, 0.3) is 0 Å². The molecule has 2 heterocycles. The van der Waals surface area contributed by atoms with Crippen molar-refractivity contribution in [3.63, 3.8) is 0 Å². The van der Waals surface area contributed by atoms with Crippen LogP contribution in [0.25, 0.3) is 11.1 Å². The van der Waals surface area contributed by atoms with Gasteiger partial charge in [0, 0.05) is 43.2 Å². The van der Waals surface area contributed by atoms with Crippen molar-refractivity contribution in [1.29, 1.82) is 0 Å². The summed E-state index contributed by atoms with van der Waals surface area (Å²) >= 11 is 0. The maximum Gasteiger partial charge on any atom is 0.481 e. The predicted octanol–water partition coefficient (Wildman–Crippen LogP) is 6.82. The molecule has 0 unspecified atom stereocenters. The molecule has 2 aliphatic heterocycles. The molecule has 2 aromatic carbocycles. The summed E-state index contributed by atoms with van der Waals surface area (Å²) in [7, 11) is -0.631. The molecule has 5 aliphatic rings. The van der Waals surface area contributed by atoms with Crippen molar-refractivity contribution in [2.24, 2.45) is 34.8 Å². The molecule has 0 aromatic heterocycles. The number of nitrogens with two attached hydrogens (primary N) is 1. The number of benzene rings is 2. The second kappa shape index (κ2) is 23.1. The number of amides is 4. The molecule has 66 heavy (non-hydrogen) atoms. The van der Waals surface area contributed by atoms with Gasteiger partial charge < -0.3 is 36.3 Å². The summed E-state index contributed by atoms with van der Waals surface area (Å²) in [4.78, 5) is 82.4. The zero-order valence-electron chi connectivity index (χ0n) is 40.4. The number of carbonyl (C=O) groups is 6. The number of aryl methyl sites for hydroxylation is 1. The van der Waals surface area contributed by atoms with Gasteiger partial charge in [0.1, 0.15) is 6.04 Å². The van der Waals surface area contributed by atoms with Gasteiger partial charge in [0.05, 0.1) is 23.7 Å². The minimum atomic E-state index is -0.985. The van der Waals surface area contributed by atoms with Crippen LogP contribution < -0.4 is 27.0 Å². The second-order valence-corrected chi connectivity index (χ2v) is 20.6. The first-order valence-electron chi connectivity index (χ1n) is 25.0. The number of carbonyl (C=O) groups excluding carboxylic acids is 6. The highest BCUT2D eigenvalue weighted by atomic mass is 16.7. The van der Waals surface area contributed by atoms with Crippen LogP contribution >= 0.6 is 0 Å². The summed E-state index contributed by atoms with van der Waals surface area (Å²) in [6, 6.07) is 14.0. The van der Waals surface area contributed by atoms with Crippen LogP contribution in [0.3, 0.4) is 0 Å². The van der Waals surface area contributed by atoms with Crippen molar-refractivity contribution in [1.82, 2.24) is 21.3 Å². The first-order chi connectivity index (χ1) is 31.5. The van der Waals surface area contributed by atoms with Crippen LogP contribution in [0.15, 0.2) is 48.5 Å². The van der Waals surface area contributed by atoms with E-state index in [2.05, 4.69) is 73.2 Å². The smallest absolute Gasteiger partial charge is 0.404 e. The number of ketones is 2. The summed E-state index contributed by atoms with van der Waals surface area (Å²) in [5.41, 5.74) is 9.39. The third-order valence-corrected chi connectivity index (χ3v) is 15.3. The molecule has 3 saturated carbocycles. The molecule has 13 nitrogen and oxygen atoms in total. The summed E-state index contributed by atoms with van der Waals surface area (Å²) in [5.74, 6) is -3.02. The fraction of sp³-hybridized carbons (Fsp3) is 0.654. The van der Waals surface area contributed by atoms with E-state index in [0.29, 0.717) is 75.4 Å². The molecular weight excluding hydrogens is 833 g/mol. The van der Waals surface area contributed by atoms with E-state index >= 15 is 0 Å². The number of unbranched alkanes of at least 4 members (excludes halogenated alkanes) is 2. The molecule has 5 fully saturated rings. The number of rotatable bonds is 16. The standard InChI is InChI=1S/C52H76BN5O8/c1-7-8-14-35-19-21-36(22-20-35)37-23-25-38(26-24-37)43(59)30-39(15-9-11-27-54)49(63)57-41-17-13-18-47(61)55-28-12-10-16-42(58-48(62)33(2)29-44(41)60)50(64)56-34(3)53-65-46-32-40-31-45(51(40,4)5)52(46,6)66-53/h19-26,33-34,39-42,45-46H,7-18,27-32,54H2,1-6H3,(H,55,61)(H,56,64)(H,57,63)(H,58,62)/t33-,34+,39-,40+,41+,42+,45+,46-,52+/m1/s1. The van der Waals surface area contributed by atoms with E-state index in [1.54, 1.807) is 19.1 Å². The Balaban J connectivity index is 1.08. The second-order valence-electron chi connectivity index (χ2n) is 20.6. The van der Waals surface area contributed by atoms with Crippen LogP contribution in [0.2, 0.25) is 0 Å². The lowest BCUT2D eigenvalue weighted by Gasteiger charge is -2.64. The Morgan fingerprint density at radius 2 is 1.64 bits per heavy atom. The van der Waals surface area contributed by atoms with Crippen molar-refractivity contribution in [2.75, 3.05) is 13.1 Å². The highest BCUT2D eigenvalue weighted by Crippen LogP contribution is 2.65. The van der Waals surface area contributed by atoms with Crippen LogP contribution in [0, 0.1) is 29.1 Å². The largest absolute Gasteiger partial charge is 0.481 e. The average Bonchev–Trinajstić information content (AvgIpc) is 3.67. The van der Waals surface area contributed by atoms with Gasteiger partial charge in [0.15, 0.2) is 11.6 Å². The summed E-state index contributed by atoms with van der Waals surface area (Å²) in [6.07, 6.45) is 8.94. The van der Waals surface area contributed by atoms with E-state index in [9.17, 15) is 28.8 Å². The van der Waals surface area contributed by atoms with Crippen LogP contribution in [0.4, 0.5) is 0 Å². The SMILES string of the molecule is CCCCc1ccc(-c2ccc(C(=O)C[C@@H](CCCCN)C(=O)N[C@H]3CCCC(=O)NCCCC[C@@H](C(=O)N[C@@H](C)B4O[C@@H]5C[C@@H]6C[C@@H](C6(C)C)[C@]5(C)O4)NC(=O)[C@H](C)CC3=O)cc2)cc1. The molecule has 360 valence electrons. The van der Waals surface area contributed by atoms with Gasteiger partial charge >= 0.3 is 7.12 Å². The van der Waals surface area contributed by atoms with Gasteiger partial charge in [-0.1, -0.05) is 89.1 Å². The zero-order chi connectivity index (χ0) is 47.6. The number of hydrogen-bond donors (Lipinski definition) is 5. The quantitative estimate of drug-likeness (QED) is 0.0683. The number of Topliss-reactive ketones (excluding diaryl/α,β-unsaturated/α-hetero) is 2. The Kier molecular flexibility index (Phi) is 17.8. The van der Waals surface area contributed by atoms with E-state index < -0.39 is 54.4 Å². The first-order valence-corrected chi connectivity index (χ1v) is 25.0.